The second-order valence-electron chi connectivity index (χ2n) is 13.2. The van der Waals surface area contributed by atoms with Gasteiger partial charge in [-0.2, -0.15) is 0 Å². The van der Waals surface area contributed by atoms with E-state index in [1.54, 1.807) is 77.0 Å². The highest BCUT2D eigenvalue weighted by molar-refractivity contribution is 5.02. The van der Waals surface area contributed by atoms with Gasteiger partial charge in [0.1, 0.15) is 12.4 Å². The lowest BCUT2D eigenvalue weighted by Gasteiger charge is -2.57. The first-order valence-corrected chi connectivity index (χ1v) is 13.2. The minimum Gasteiger partial charge on any atom is -0.237 e. The Morgan fingerprint density at radius 2 is 1.10 bits per heavy atom. The SMILES string of the molecule is c1c[n+](CCC23CC4CC(CC(C4)C2)C3)cn1CCC12CC3CC(CC(C3)C1)C2. The predicted molar refractivity (Wildman–Crippen MR) is 115 cm³/mol. The van der Waals surface area contributed by atoms with Crippen LogP contribution in [0, 0.1) is 46.3 Å². The molecule has 0 spiro atoms. The quantitative estimate of drug-likeness (QED) is 0.525. The highest BCUT2D eigenvalue weighted by Gasteiger charge is 2.51. The first-order chi connectivity index (χ1) is 14.1. The van der Waals surface area contributed by atoms with Crippen LogP contribution < -0.4 is 4.57 Å². The highest BCUT2D eigenvalue weighted by atomic mass is 15.1. The van der Waals surface area contributed by atoms with Crippen molar-refractivity contribution in [3.63, 3.8) is 0 Å². The fourth-order valence-electron chi connectivity index (χ4n) is 10.6. The number of hydrogen-bond donors (Lipinski definition) is 0. The Labute approximate surface area is 177 Å². The summed E-state index contributed by atoms with van der Waals surface area (Å²) in [5.74, 6) is 6.56. The molecule has 1 aromatic rings. The van der Waals surface area contributed by atoms with Gasteiger partial charge in [-0.3, -0.25) is 0 Å². The van der Waals surface area contributed by atoms with Gasteiger partial charge in [0, 0.05) is 0 Å². The van der Waals surface area contributed by atoms with Crippen molar-refractivity contribution >= 4 is 0 Å². The summed E-state index contributed by atoms with van der Waals surface area (Å²) >= 11 is 0. The van der Waals surface area contributed by atoms with E-state index < -0.39 is 0 Å². The molecule has 0 saturated heterocycles. The molecule has 8 aliphatic carbocycles. The second-order valence-corrected chi connectivity index (χ2v) is 13.2. The van der Waals surface area contributed by atoms with Gasteiger partial charge in [-0.1, -0.05) is 0 Å². The monoisotopic (exact) mass is 393 g/mol. The summed E-state index contributed by atoms with van der Waals surface area (Å²) in [5.41, 5.74) is 1.45. The molecule has 158 valence electrons. The number of aryl methyl sites for hydroxylation is 2. The zero-order valence-corrected chi connectivity index (χ0v) is 18.4. The normalized spacial score (nSPS) is 49.2. The third-order valence-corrected chi connectivity index (χ3v) is 10.9. The third-order valence-electron chi connectivity index (χ3n) is 10.9. The van der Waals surface area contributed by atoms with Crippen molar-refractivity contribution in [2.24, 2.45) is 46.3 Å². The second kappa shape index (κ2) is 6.36. The lowest BCUT2D eigenvalue weighted by Crippen LogP contribution is -2.48. The molecule has 29 heavy (non-hydrogen) atoms. The van der Waals surface area contributed by atoms with E-state index in [-0.39, 0.29) is 0 Å². The highest BCUT2D eigenvalue weighted by Crippen LogP contribution is 2.62. The van der Waals surface area contributed by atoms with Crippen LogP contribution in [0.25, 0.3) is 0 Å². The van der Waals surface area contributed by atoms with Gasteiger partial charge in [-0.05, 0) is 136 Å². The summed E-state index contributed by atoms with van der Waals surface area (Å²) in [6.45, 7) is 2.52. The maximum absolute atomic E-state index is 2.53. The van der Waals surface area contributed by atoms with E-state index in [1.807, 2.05) is 0 Å². The molecule has 8 aliphatic rings. The molecule has 0 aliphatic heterocycles. The maximum atomic E-state index is 2.53. The van der Waals surface area contributed by atoms with E-state index in [2.05, 4.69) is 27.9 Å². The Balaban J connectivity index is 0.974. The summed E-state index contributed by atoms with van der Waals surface area (Å²) in [6, 6.07) is 0. The van der Waals surface area contributed by atoms with Crippen LogP contribution in [0.2, 0.25) is 0 Å². The molecule has 1 heterocycles. The van der Waals surface area contributed by atoms with E-state index in [4.69, 9.17) is 0 Å². The van der Waals surface area contributed by atoms with Crippen molar-refractivity contribution in [3.8, 4) is 0 Å². The molecule has 9 rings (SSSR count). The zero-order valence-electron chi connectivity index (χ0n) is 18.4. The lowest BCUT2D eigenvalue weighted by atomic mass is 9.49. The minimum absolute atomic E-state index is 0.725. The van der Waals surface area contributed by atoms with Gasteiger partial charge in [0.15, 0.2) is 0 Å². The number of hydrogen-bond acceptors (Lipinski definition) is 0. The molecule has 8 bridgehead atoms. The van der Waals surface area contributed by atoms with Crippen molar-refractivity contribution in [2.75, 3.05) is 0 Å². The Morgan fingerprint density at radius 3 is 1.59 bits per heavy atom. The summed E-state index contributed by atoms with van der Waals surface area (Å²) in [5, 5.41) is 0. The van der Waals surface area contributed by atoms with Crippen molar-refractivity contribution in [2.45, 2.75) is 103 Å². The first-order valence-electron chi connectivity index (χ1n) is 13.2. The van der Waals surface area contributed by atoms with E-state index in [9.17, 15) is 0 Å². The molecule has 0 aromatic carbocycles. The Hall–Kier alpha value is -0.790. The van der Waals surface area contributed by atoms with Crippen LogP contribution in [-0.2, 0) is 13.1 Å². The summed E-state index contributed by atoms with van der Waals surface area (Å²) in [4.78, 5) is 0. The van der Waals surface area contributed by atoms with Gasteiger partial charge in [0.05, 0.1) is 13.1 Å². The largest absolute Gasteiger partial charge is 0.243 e. The van der Waals surface area contributed by atoms with Gasteiger partial charge in [0.2, 0.25) is 6.33 Å². The molecular weight excluding hydrogens is 352 g/mol. The number of aromatic nitrogens is 2. The van der Waals surface area contributed by atoms with Crippen molar-refractivity contribution in [3.05, 3.63) is 18.7 Å². The van der Waals surface area contributed by atoms with E-state index in [0.29, 0.717) is 0 Å². The van der Waals surface area contributed by atoms with E-state index in [0.717, 1.165) is 46.3 Å². The fourth-order valence-corrected chi connectivity index (χ4v) is 10.6. The van der Waals surface area contributed by atoms with Gasteiger partial charge >= 0.3 is 0 Å². The lowest BCUT2D eigenvalue weighted by molar-refractivity contribution is -0.698. The maximum Gasteiger partial charge on any atom is 0.243 e. The van der Waals surface area contributed by atoms with Gasteiger partial charge in [-0.25, -0.2) is 9.13 Å². The molecule has 0 N–H and O–H groups in total. The van der Waals surface area contributed by atoms with Crippen LogP contribution in [-0.4, -0.2) is 4.57 Å². The average Bonchev–Trinajstić information content (AvgIpc) is 3.11. The standard InChI is InChI=1S/C27H41N2/c1(26-13-20-7-21(14-26)9-22(8-20)15-26)3-28-5-6-29(19-28)4-2-27-16-23-10-24(17-27)12-25(11-23)18-27/h5-6,19-25H,1-4,7-18H2/q+1. The van der Waals surface area contributed by atoms with Gasteiger partial charge in [-0.15, -0.1) is 0 Å². The predicted octanol–water partition coefficient (Wildman–Crippen LogP) is 5.99. The Kier molecular flexibility index (Phi) is 3.91. The van der Waals surface area contributed by atoms with Crippen LogP contribution in [0.5, 0.6) is 0 Å². The summed E-state index contributed by atoms with van der Waals surface area (Å²) < 4.78 is 5.05. The van der Waals surface area contributed by atoms with Gasteiger partial charge in [0.25, 0.3) is 0 Å². The molecule has 8 saturated carbocycles. The van der Waals surface area contributed by atoms with E-state index in [1.165, 1.54) is 25.9 Å². The molecule has 8 fully saturated rings. The fraction of sp³-hybridized carbons (Fsp3) is 0.889. The molecule has 0 unspecified atom stereocenters. The smallest absolute Gasteiger partial charge is 0.237 e. The minimum atomic E-state index is 0.725. The molecule has 0 radical (unpaired) electrons. The molecular formula is C27H41N2+. The number of imidazole rings is 1. The van der Waals surface area contributed by atoms with Crippen molar-refractivity contribution in [1.29, 1.82) is 0 Å². The first kappa shape index (κ1) is 17.8. The molecule has 0 atom stereocenters. The van der Waals surface area contributed by atoms with Crippen LogP contribution in [0.1, 0.15) is 89.9 Å². The van der Waals surface area contributed by atoms with Crippen LogP contribution in [0.15, 0.2) is 18.7 Å². The zero-order chi connectivity index (χ0) is 19.1. The average molecular weight is 394 g/mol. The molecule has 1 aromatic heterocycles. The Morgan fingerprint density at radius 1 is 0.655 bits per heavy atom. The van der Waals surface area contributed by atoms with Crippen LogP contribution >= 0.6 is 0 Å². The molecule has 2 heteroatoms. The molecule has 2 nitrogen and oxygen atoms in total. The topological polar surface area (TPSA) is 8.81 Å². The van der Waals surface area contributed by atoms with Crippen molar-refractivity contribution < 1.29 is 4.57 Å². The summed E-state index contributed by atoms with van der Waals surface area (Å²) in [7, 11) is 0. The summed E-state index contributed by atoms with van der Waals surface area (Å²) in [6.07, 6.45) is 28.9. The van der Waals surface area contributed by atoms with Gasteiger partial charge < -0.3 is 0 Å². The third kappa shape index (κ3) is 3.14. The number of nitrogens with zero attached hydrogens (tertiary/aromatic N) is 2. The van der Waals surface area contributed by atoms with Crippen LogP contribution in [0.4, 0.5) is 0 Å². The van der Waals surface area contributed by atoms with Crippen LogP contribution in [0.3, 0.4) is 0 Å². The van der Waals surface area contributed by atoms with E-state index >= 15 is 0 Å². The Bertz CT molecular complexity index is 640. The van der Waals surface area contributed by atoms with Crippen molar-refractivity contribution in [1.82, 2.24) is 4.57 Å². The molecule has 0 amide bonds. The number of rotatable bonds is 6.